The number of rotatable bonds is 4. The lowest BCUT2D eigenvalue weighted by Crippen LogP contribution is -2.34. The molecule has 0 fully saturated rings. The van der Waals surface area contributed by atoms with Crippen LogP contribution in [-0.4, -0.2) is 35.0 Å². The van der Waals surface area contributed by atoms with E-state index in [1.165, 1.54) is 0 Å². The summed E-state index contributed by atoms with van der Waals surface area (Å²) in [7, 11) is 0. The zero-order chi connectivity index (χ0) is 17.4. The van der Waals surface area contributed by atoms with Crippen molar-refractivity contribution in [3.05, 3.63) is 41.1 Å². The number of anilines is 1. The van der Waals surface area contributed by atoms with E-state index in [-0.39, 0.29) is 12.6 Å². The maximum absolute atomic E-state index is 13.4. The Morgan fingerprint density at radius 1 is 1.17 bits per heavy atom. The van der Waals surface area contributed by atoms with E-state index in [4.69, 9.17) is 5.11 Å². The summed E-state index contributed by atoms with van der Waals surface area (Å²) < 4.78 is 65.2. The van der Waals surface area contributed by atoms with Crippen LogP contribution < -0.4 is 5.32 Å². The van der Waals surface area contributed by atoms with Crippen LogP contribution >= 0.6 is 0 Å². The molecule has 1 aromatic carbocycles. The molecule has 5 nitrogen and oxygen atoms in total. The predicted octanol–water partition coefficient (Wildman–Crippen LogP) is 1.64. The number of nitrogens with one attached hydrogen (secondary N) is 1. The third kappa shape index (κ3) is 3.31. The van der Waals surface area contributed by atoms with Crippen molar-refractivity contribution in [2.45, 2.75) is 6.18 Å². The maximum Gasteiger partial charge on any atom is 0.421 e. The standard InChI is InChI=1S/C13H9F5N2O3/c14-6-3-7(15)11(13(16,17)18)8(4-6)19-9-5-10(22)20(1-2-21)12(9)23/h3-5,19,21H,1-2H2. The number of hydrogen-bond acceptors (Lipinski definition) is 4. The molecule has 0 aliphatic carbocycles. The number of benzene rings is 1. The molecule has 0 atom stereocenters. The molecule has 0 radical (unpaired) electrons. The van der Waals surface area contributed by atoms with Gasteiger partial charge >= 0.3 is 6.18 Å². The molecule has 0 saturated carbocycles. The van der Waals surface area contributed by atoms with Gasteiger partial charge in [-0.1, -0.05) is 0 Å². The van der Waals surface area contributed by atoms with Crippen molar-refractivity contribution in [2.24, 2.45) is 0 Å². The fourth-order valence-corrected chi connectivity index (χ4v) is 2.02. The number of nitrogens with zero attached hydrogens (tertiary/aromatic N) is 1. The van der Waals surface area contributed by atoms with Crippen molar-refractivity contribution in [1.82, 2.24) is 4.90 Å². The van der Waals surface area contributed by atoms with Gasteiger partial charge in [0.15, 0.2) is 0 Å². The number of aliphatic hydroxyl groups is 1. The van der Waals surface area contributed by atoms with Gasteiger partial charge in [0.1, 0.15) is 22.9 Å². The number of carbonyl (C=O) groups excluding carboxylic acids is 2. The number of aliphatic hydroxyl groups excluding tert-OH is 1. The summed E-state index contributed by atoms with van der Waals surface area (Å²) in [5, 5.41) is 10.7. The van der Waals surface area contributed by atoms with E-state index in [2.05, 4.69) is 0 Å². The number of β-amino-alcohol motifs (C(OH)–C–C–N with tert-alkyl or cyclic N) is 1. The Bertz CT molecular complexity index is 700. The maximum atomic E-state index is 13.4. The van der Waals surface area contributed by atoms with Gasteiger partial charge in [0.05, 0.1) is 18.8 Å². The summed E-state index contributed by atoms with van der Waals surface area (Å²) in [6, 6.07) is 0.418. The van der Waals surface area contributed by atoms with Gasteiger partial charge in [0, 0.05) is 12.1 Å². The lowest BCUT2D eigenvalue weighted by atomic mass is 10.1. The van der Waals surface area contributed by atoms with E-state index in [1.807, 2.05) is 5.32 Å². The van der Waals surface area contributed by atoms with Crippen LogP contribution in [0.3, 0.4) is 0 Å². The summed E-state index contributed by atoms with van der Waals surface area (Å²) in [5.74, 6) is -5.02. The molecule has 23 heavy (non-hydrogen) atoms. The van der Waals surface area contributed by atoms with E-state index >= 15 is 0 Å². The van der Waals surface area contributed by atoms with Crippen LogP contribution in [0.1, 0.15) is 5.56 Å². The minimum atomic E-state index is -5.14. The van der Waals surface area contributed by atoms with Gasteiger partial charge in [0.2, 0.25) is 0 Å². The van der Waals surface area contributed by atoms with E-state index in [1.54, 1.807) is 0 Å². The molecule has 124 valence electrons. The topological polar surface area (TPSA) is 69.6 Å². The number of hydrogen-bond donors (Lipinski definition) is 2. The fraction of sp³-hybridized carbons (Fsp3) is 0.231. The highest BCUT2D eigenvalue weighted by Gasteiger charge is 2.39. The zero-order valence-electron chi connectivity index (χ0n) is 11.2. The summed E-state index contributed by atoms with van der Waals surface area (Å²) >= 11 is 0. The molecule has 0 unspecified atom stereocenters. The Balaban J connectivity index is 2.40. The fourth-order valence-electron chi connectivity index (χ4n) is 2.02. The Morgan fingerprint density at radius 2 is 1.83 bits per heavy atom. The van der Waals surface area contributed by atoms with E-state index in [0.717, 1.165) is 0 Å². The van der Waals surface area contributed by atoms with Crippen LogP contribution in [0.25, 0.3) is 0 Å². The van der Waals surface area contributed by atoms with Crippen LogP contribution in [0.5, 0.6) is 0 Å². The molecule has 0 spiro atoms. The molecule has 1 aromatic rings. The van der Waals surface area contributed by atoms with Crippen LogP contribution in [0.15, 0.2) is 23.9 Å². The molecule has 1 aliphatic rings. The summed E-state index contributed by atoms with van der Waals surface area (Å²) in [5.41, 5.74) is -3.41. The van der Waals surface area contributed by atoms with E-state index in [9.17, 15) is 31.5 Å². The monoisotopic (exact) mass is 336 g/mol. The van der Waals surface area contributed by atoms with Crippen molar-refractivity contribution < 1.29 is 36.6 Å². The molecule has 10 heteroatoms. The van der Waals surface area contributed by atoms with E-state index < -0.39 is 53.2 Å². The Hall–Kier alpha value is -2.49. The van der Waals surface area contributed by atoms with Gasteiger partial charge < -0.3 is 10.4 Å². The predicted molar refractivity (Wildman–Crippen MR) is 66.9 cm³/mol. The van der Waals surface area contributed by atoms with Crippen molar-refractivity contribution in [2.75, 3.05) is 18.5 Å². The summed E-state index contributed by atoms with van der Waals surface area (Å²) in [4.78, 5) is 23.9. The second kappa shape index (κ2) is 5.95. The highest BCUT2D eigenvalue weighted by Crippen LogP contribution is 2.38. The number of halogens is 5. The average molecular weight is 336 g/mol. The molecular weight excluding hydrogens is 327 g/mol. The van der Waals surface area contributed by atoms with Crippen LogP contribution in [0, 0.1) is 11.6 Å². The second-order valence-electron chi connectivity index (χ2n) is 4.51. The highest BCUT2D eigenvalue weighted by atomic mass is 19.4. The Labute approximate surface area is 126 Å². The Morgan fingerprint density at radius 3 is 2.39 bits per heavy atom. The van der Waals surface area contributed by atoms with Gasteiger partial charge in [-0.05, 0) is 6.07 Å². The molecule has 0 saturated heterocycles. The third-order valence-corrected chi connectivity index (χ3v) is 2.94. The molecule has 2 amide bonds. The van der Waals surface area contributed by atoms with Gasteiger partial charge in [-0.15, -0.1) is 0 Å². The summed E-state index contributed by atoms with van der Waals surface area (Å²) in [6.45, 7) is -0.899. The largest absolute Gasteiger partial charge is 0.421 e. The molecule has 0 bridgehead atoms. The van der Waals surface area contributed by atoms with Gasteiger partial charge in [0.25, 0.3) is 11.8 Å². The lowest BCUT2D eigenvalue weighted by molar-refractivity contribution is -0.140. The van der Waals surface area contributed by atoms with Gasteiger partial charge in [-0.2, -0.15) is 13.2 Å². The second-order valence-corrected chi connectivity index (χ2v) is 4.51. The van der Waals surface area contributed by atoms with Crippen molar-refractivity contribution in [3.63, 3.8) is 0 Å². The van der Waals surface area contributed by atoms with E-state index in [0.29, 0.717) is 17.0 Å². The smallest absolute Gasteiger partial charge is 0.395 e. The lowest BCUT2D eigenvalue weighted by Gasteiger charge is -2.17. The number of amides is 2. The van der Waals surface area contributed by atoms with Crippen LogP contribution in [0.2, 0.25) is 0 Å². The highest BCUT2D eigenvalue weighted by molar-refractivity contribution is 6.17. The molecule has 2 rings (SSSR count). The summed E-state index contributed by atoms with van der Waals surface area (Å²) in [6.07, 6.45) is -4.46. The SMILES string of the molecule is O=C1C=C(Nc2cc(F)cc(F)c2C(F)(F)F)C(=O)N1CCO. The Kier molecular flexibility index (Phi) is 4.37. The molecule has 2 N–H and O–H groups in total. The first-order chi connectivity index (χ1) is 10.6. The molecule has 1 heterocycles. The molecule has 1 aliphatic heterocycles. The minimum absolute atomic E-state index is 0.0576. The average Bonchev–Trinajstić information content (AvgIpc) is 2.64. The van der Waals surface area contributed by atoms with Crippen LogP contribution in [-0.2, 0) is 15.8 Å². The molecule has 0 aromatic heterocycles. The normalized spacial score (nSPS) is 15.2. The van der Waals surface area contributed by atoms with Crippen molar-refractivity contribution in [1.29, 1.82) is 0 Å². The van der Waals surface area contributed by atoms with Gasteiger partial charge in [-0.3, -0.25) is 14.5 Å². The quantitative estimate of drug-likeness (QED) is 0.648. The first kappa shape index (κ1) is 16.9. The number of carbonyl (C=O) groups is 2. The number of imide groups is 1. The van der Waals surface area contributed by atoms with Crippen molar-refractivity contribution in [3.8, 4) is 0 Å². The molecular formula is C13H9F5N2O3. The number of alkyl halides is 3. The minimum Gasteiger partial charge on any atom is -0.395 e. The van der Waals surface area contributed by atoms with Gasteiger partial charge in [-0.25, -0.2) is 8.78 Å². The van der Waals surface area contributed by atoms with Crippen LogP contribution in [0.4, 0.5) is 27.6 Å². The third-order valence-electron chi connectivity index (χ3n) is 2.94. The van der Waals surface area contributed by atoms with Crippen molar-refractivity contribution >= 4 is 17.5 Å². The zero-order valence-corrected chi connectivity index (χ0v) is 11.2. The first-order valence-electron chi connectivity index (χ1n) is 6.16. The first-order valence-corrected chi connectivity index (χ1v) is 6.16.